The van der Waals surface area contributed by atoms with Crippen molar-refractivity contribution < 1.29 is 29.1 Å². The van der Waals surface area contributed by atoms with Crippen molar-refractivity contribution in [3.05, 3.63) is 0 Å². The molecule has 28 heavy (non-hydrogen) atoms. The van der Waals surface area contributed by atoms with E-state index in [0.29, 0.717) is 12.2 Å². The minimum atomic E-state index is -1.53. The zero-order chi connectivity index (χ0) is 21.9. The highest BCUT2D eigenvalue weighted by Gasteiger charge is 2.29. The molecule has 0 aromatic heterocycles. The number of carbonyl (C=O) groups excluding carboxylic acids is 4. The summed E-state index contributed by atoms with van der Waals surface area (Å²) >= 11 is 5.45. The number of hydrogen-bond donors (Lipinski definition) is 7. The Balaban J connectivity index is 5.11. The highest BCUT2D eigenvalue weighted by Crippen LogP contribution is 2.03. The van der Waals surface area contributed by atoms with Gasteiger partial charge in [-0.1, -0.05) is 0 Å². The number of carbonyl (C=O) groups is 5. The van der Waals surface area contributed by atoms with Crippen molar-refractivity contribution in [3.63, 3.8) is 0 Å². The molecule has 0 aliphatic rings. The van der Waals surface area contributed by atoms with Gasteiger partial charge in [0.05, 0.1) is 12.5 Å². The number of primary amides is 1. The van der Waals surface area contributed by atoms with E-state index >= 15 is 0 Å². The van der Waals surface area contributed by atoms with Gasteiger partial charge in [-0.3, -0.25) is 19.2 Å². The van der Waals surface area contributed by atoms with Crippen molar-refractivity contribution >= 4 is 54.0 Å². The fraction of sp³-hybridized carbons (Fsp3) is 0.667. The first-order valence-corrected chi connectivity index (χ1v) is 10.3. The molecule has 0 aromatic carbocycles. The van der Waals surface area contributed by atoms with Crippen molar-refractivity contribution in [2.75, 3.05) is 17.8 Å². The van der Waals surface area contributed by atoms with Crippen LogP contribution in [-0.4, -0.2) is 76.6 Å². The lowest BCUT2D eigenvalue weighted by Crippen LogP contribution is -2.57. The van der Waals surface area contributed by atoms with Gasteiger partial charge in [0, 0.05) is 5.75 Å². The Morgan fingerprint density at radius 2 is 1.50 bits per heavy atom. The Kier molecular flexibility index (Phi) is 12.3. The molecule has 4 amide bonds. The second-order valence-electron chi connectivity index (χ2n) is 5.94. The van der Waals surface area contributed by atoms with Gasteiger partial charge in [-0.25, -0.2) is 4.79 Å². The minimum Gasteiger partial charge on any atom is -0.480 e. The van der Waals surface area contributed by atoms with E-state index in [2.05, 4.69) is 28.6 Å². The number of nitrogens with one attached hydrogen (secondary N) is 3. The molecule has 0 bridgehead atoms. The van der Waals surface area contributed by atoms with E-state index in [0.717, 1.165) is 0 Å². The monoisotopic (exact) mass is 437 g/mol. The van der Waals surface area contributed by atoms with E-state index in [1.807, 2.05) is 6.26 Å². The Morgan fingerprint density at radius 3 is 1.93 bits per heavy atom. The molecule has 0 aliphatic heterocycles. The van der Waals surface area contributed by atoms with Gasteiger partial charge < -0.3 is 32.5 Å². The lowest BCUT2D eigenvalue weighted by molar-refractivity contribution is -0.143. The molecule has 160 valence electrons. The molecule has 0 saturated carbocycles. The van der Waals surface area contributed by atoms with Gasteiger partial charge in [0.2, 0.25) is 23.6 Å². The fourth-order valence-electron chi connectivity index (χ4n) is 1.95. The molecule has 4 atom stereocenters. The van der Waals surface area contributed by atoms with Crippen molar-refractivity contribution in [1.82, 2.24) is 16.0 Å². The highest BCUT2D eigenvalue weighted by molar-refractivity contribution is 7.98. The van der Waals surface area contributed by atoms with Gasteiger partial charge in [0.1, 0.15) is 18.1 Å². The van der Waals surface area contributed by atoms with Crippen LogP contribution in [0.3, 0.4) is 0 Å². The predicted molar refractivity (Wildman–Crippen MR) is 108 cm³/mol. The summed E-state index contributed by atoms with van der Waals surface area (Å²) in [4.78, 5) is 58.6. The zero-order valence-electron chi connectivity index (χ0n) is 15.6. The topological polar surface area (TPSA) is 194 Å². The maximum Gasteiger partial charge on any atom is 0.326 e. The van der Waals surface area contributed by atoms with Crippen LogP contribution in [0.15, 0.2) is 0 Å². The summed E-state index contributed by atoms with van der Waals surface area (Å²) in [6, 6.07) is -4.47. The normalized spacial score (nSPS) is 14.9. The Hall–Kier alpha value is -1.99. The summed E-state index contributed by atoms with van der Waals surface area (Å²) in [5.74, 6) is -3.95. The molecule has 0 fully saturated rings. The smallest absolute Gasteiger partial charge is 0.326 e. The highest BCUT2D eigenvalue weighted by atomic mass is 32.2. The van der Waals surface area contributed by atoms with Crippen molar-refractivity contribution in [2.45, 2.75) is 43.9 Å². The first kappa shape index (κ1) is 26.0. The SMILES string of the molecule is CSCCC(NC(=O)C(C)N)C(=O)NC(CS)C(=O)NC(CC(N)=O)C(=O)O. The molecule has 0 spiro atoms. The molecule has 4 unspecified atom stereocenters. The summed E-state index contributed by atoms with van der Waals surface area (Å²) in [5, 5.41) is 16.1. The van der Waals surface area contributed by atoms with Crippen LogP contribution < -0.4 is 27.4 Å². The molecule has 11 nitrogen and oxygen atoms in total. The van der Waals surface area contributed by atoms with E-state index in [-0.39, 0.29) is 5.75 Å². The van der Waals surface area contributed by atoms with Gasteiger partial charge in [-0.2, -0.15) is 24.4 Å². The molecule has 0 rings (SSSR count). The largest absolute Gasteiger partial charge is 0.480 e. The summed E-state index contributed by atoms with van der Waals surface area (Å²) in [5.41, 5.74) is 10.5. The average molecular weight is 438 g/mol. The fourth-order valence-corrected chi connectivity index (χ4v) is 2.68. The number of thiol groups is 1. The zero-order valence-corrected chi connectivity index (χ0v) is 17.3. The Labute approximate surface area is 172 Å². The summed E-state index contributed by atoms with van der Waals surface area (Å²) < 4.78 is 0. The summed E-state index contributed by atoms with van der Waals surface area (Å²) in [6.07, 6.45) is 1.53. The molecule has 0 radical (unpaired) electrons. The molecular weight excluding hydrogens is 410 g/mol. The van der Waals surface area contributed by atoms with Crippen LogP contribution >= 0.6 is 24.4 Å². The maximum atomic E-state index is 12.5. The van der Waals surface area contributed by atoms with E-state index < -0.39 is 60.2 Å². The number of carboxylic acid groups (broad SMARTS) is 1. The maximum absolute atomic E-state index is 12.5. The lowest BCUT2D eigenvalue weighted by atomic mass is 10.1. The molecule has 13 heteroatoms. The van der Waals surface area contributed by atoms with E-state index in [9.17, 15) is 24.0 Å². The first-order valence-electron chi connectivity index (χ1n) is 8.31. The lowest BCUT2D eigenvalue weighted by Gasteiger charge is -2.23. The van der Waals surface area contributed by atoms with Crippen LogP contribution in [0.25, 0.3) is 0 Å². The molecule has 8 N–H and O–H groups in total. The quantitative estimate of drug-likeness (QED) is 0.153. The predicted octanol–water partition coefficient (Wildman–Crippen LogP) is -2.57. The van der Waals surface area contributed by atoms with Gasteiger partial charge in [-0.15, -0.1) is 0 Å². The second-order valence-corrected chi connectivity index (χ2v) is 7.30. The molecule has 0 aromatic rings. The van der Waals surface area contributed by atoms with Crippen LogP contribution in [0.5, 0.6) is 0 Å². The number of nitrogens with two attached hydrogens (primary N) is 2. The Morgan fingerprint density at radius 1 is 1.00 bits per heavy atom. The molecule has 0 saturated heterocycles. The van der Waals surface area contributed by atoms with E-state index in [1.54, 1.807) is 0 Å². The van der Waals surface area contributed by atoms with Crippen LogP contribution in [0.4, 0.5) is 0 Å². The van der Waals surface area contributed by atoms with Crippen LogP contribution in [-0.2, 0) is 24.0 Å². The van der Waals surface area contributed by atoms with Crippen molar-refractivity contribution in [1.29, 1.82) is 0 Å². The standard InChI is InChI=1S/C15H27N5O6S2/c1-7(16)12(22)18-8(3-4-28-2)13(23)20-10(6-27)14(24)19-9(15(25)26)5-11(17)21/h7-10,27H,3-6,16H2,1-2H3,(H2,17,21)(H,18,22)(H,19,24)(H,20,23)(H,25,26). The van der Waals surface area contributed by atoms with Crippen LogP contribution in [0.1, 0.15) is 19.8 Å². The Bertz CT molecular complexity index is 589. The third kappa shape index (κ3) is 9.80. The summed E-state index contributed by atoms with van der Waals surface area (Å²) in [7, 11) is 0. The van der Waals surface area contributed by atoms with Gasteiger partial charge in [0.15, 0.2) is 0 Å². The molecule has 0 heterocycles. The number of thioether (sulfide) groups is 1. The third-order valence-electron chi connectivity index (χ3n) is 3.49. The van der Waals surface area contributed by atoms with E-state index in [4.69, 9.17) is 16.6 Å². The number of aliphatic carboxylic acids is 1. The number of carboxylic acids is 1. The van der Waals surface area contributed by atoms with Crippen molar-refractivity contribution in [3.8, 4) is 0 Å². The minimum absolute atomic E-state index is 0.142. The number of rotatable bonds is 13. The van der Waals surface area contributed by atoms with E-state index in [1.165, 1.54) is 18.7 Å². The molecular formula is C15H27N5O6S2. The van der Waals surface area contributed by atoms with Crippen LogP contribution in [0, 0.1) is 0 Å². The number of amides is 4. The number of hydrogen-bond acceptors (Lipinski definition) is 8. The summed E-state index contributed by atoms with van der Waals surface area (Å²) in [6.45, 7) is 1.47. The van der Waals surface area contributed by atoms with Gasteiger partial charge in [0.25, 0.3) is 0 Å². The molecule has 0 aliphatic carbocycles. The third-order valence-corrected chi connectivity index (χ3v) is 4.50. The van der Waals surface area contributed by atoms with Gasteiger partial charge in [-0.05, 0) is 25.4 Å². The van der Waals surface area contributed by atoms with Crippen molar-refractivity contribution in [2.24, 2.45) is 11.5 Å². The average Bonchev–Trinajstić information content (AvgIpc) is 2.61. The second kappa shape index (κ2) is 13.2. The first-order chi connectivity index (χ1) is 13.0. The van der Waals surface area contributed by atoms with Gasteiger partial charge >= 0.3 is 5.97 Å². The van der Waals surface area contributed by atoms with Crippen LogP contribution in [0.2, 0.25) is 0 Å².